The van der Waals surface area contributed by atoms with Crippen LogP contribution in [0.15, 0.2) is 24.9 Å². The van der Waals surface area contributed by atoms with Gasteiger partial charge in [0.1, 0.15) is 12.1 Å². The largest absolute Gasteiger partial charge is 0.356 e. The molecule has 4 rings (SSSR count). The number of aromatic nitrogens is 4. The van der Waals surface area contributed by atoms with Crippen LogP contribution in [0.1, 0.15) is 17.0 Å². The quantitative estimate of drug-likeness (QED) is 0.855. The molecule has 2 fully saturated rings. The fraction of sp³-hybridized carbons (Fsp3) is 0.529. The first-order valence-corrected chi connectivity index (χ1v) is 8.21. The molecule has 2 atom stereocenters. The number of likely N-dealkylation sites (tertiary alicyclic amines) is 1. The fourth-order valence-corrected chi connectivity index (χ4v) is 3.92. The Bertz CT molecular complexity index is 689. The average molecular weight is 310 g/mol. The molecule has 2 aromatic heterocycles. The monoisotopic (exact) mass is 310 g/mol. The van der Waals surface area contributed by atoms with Crippen LogP contribution in [-0.2, 0) is 6.54 Å². The minimum Gasteiger partial charge on any atom is -0.356 e. The van der Waals surface area contributed by atoms with Crippen LogP contribution in [0.4, 0.5) is 5.82 Å². The Morgan fingerprint density at radius 1 is 1.00 bits per heavy atom. The van der Waals surface area contributed by atoms with E-state index in [1.165, 1.54) is 5.56 Å². The van der Waals surface area contributed by atoms with Crippen LogP contribution in [0.3, 0.4) is 0 Å². The predicted octanol–water partition coefficient (Wildman–Crippen LogP) is 1.45. The average Bonchev–Trinajstić information content (AvgIpc) is 3.08. The van der Waals surface area contributed by atoms with E-state index < -0.39 is 0 Å². The maximum absolute atomic E-state index is 4.48. The van der Waals surface area contributed by atoms with Crippen molar-refractivity contribution < 1.29 is 0 Å². The first-order chi connectivity index (χ1) is 11.2. The Morgan fingerprint density at radius 3 is 2.43 bits per heavy atom. The summed E-state index contributed by atoms with van der Waals surface area (Å²) in [6, 6.07) is 0. The topological polar surface area (TPSA) is 58.0 Å². The van der Waals surface area contributed by atoms with Gasteiger partial charge in [-0.1, -0.05) is 0 Å². The lowest BCUT2D eigenvalue weighted by Crippen LogP contribution is -2.30. The molecule has 6 nitrogen and oxygen atoms in total. The lowest BCUT2D eigenvalue weighted by atomic mass is 10.0. The highest BCUT2D eigenvalue weighted by atomic mass is 15.3. The zero-order valence-corrected chi connectivity index (χ0v) is 13.7. The first kappa shape index (κ1) is 14.5. The summed E-state index contributed by atoms with van der Waals surface area (Å²) < 4.78 is 0. The number of nitrogens with zero attached hydrogens (tertiary/aromatic N) is 6. The summed E-state index contributed by atoms with van der Waals surface area (Å²) in [5.74, 6) is 2.55. The Balaban J connectivity index is 1.41. The van der Waals surface area contributed by atoms with Crippen LogP contribution >= 0.6 is 0 Å². The Kier molecular flexibility index (Phi) is 3.69. The lowest BCUT2D eigenvalue weighted by molar-refractivity contribution is 0.304. The molecule has 0 radical (unpaired) electrons. The van der Waals surface area contributed by atoms with Crippen molar-refractivity contribution >= 4 is 5.82 Å². The highest BCUT2D eigenvalue weighted by molar-refractivity contribution is 5.46. The van der Waals surface area contributed by atoms with E-state index in [-0.39, 0.29) is 0 Å². The molecule has 0 bridgehead atoms. The second kappa shape index (κ2) is 5.85. The van der Waals surface area contributed by atoms with E-state index in [1.807, 2.05) is 13.1 Å². The Morgan fingerprint density at radius 2 is 1.74 bits per heavy atom. The summed E-state index contributed by atoms with van der Waals surface area (Å²) in [7, 11) is 0. The highest BCUT2D eigenvalue weighted by Crippen LogP contribution is 2.34. The van der Waals surface area contributed by atoms with Crippen LogP contribution in [0, 0.1) is 25.7 Å². The molecular formula is C17H22N6. The van der Waals surface area contributed by atoms with Crippen LogP contribution in [0.25, 0.3) is 0 Å². The van der Waals surface area contributed by atoms with Gasteiger partial charge < -0.3 is 4.90 Å². The molecule has 0 N–H and O–H groups in total. The van der Waals surface area contributed by atoms with Crippen molar-refractivity contribution in [2.75, 3.05) is 31.1 Å². The van der Waals surface area contributed by atoms with Gasteiger partial charge in [0.2, 0.25) is 0 Å². The van der Waals surface area contributed by atoms with Crippen molar-refractivity contribution in [1.82, 2.24) is 24.8 Å². The molecule has 2 aliphatic rings. The third kappa shape index (κ3) is 2.79. The van der Waals surface area contributed by atoms with Crippen molar-refractivity contribution in [2.24, 2.45) is 11.8 Å². The Labute approximate surface area is 136 Å². The molecule has 2 unspecified atom stereocenters. The highest BCUT2D eigenvalue weighted by Gasteiger charge is 2.40. The lowest BCUT2D eigenvalue weighted by Gasteiger charge is -2.23. The zero-order valence-electron chi connectivity index (χ0n) is 13.7. The van der Waals surface area contributed by atoms with Gasteiger partial charge in [-0.2, -0.15) is 0 Å². The number of aryl methyl sites for hydroxylation is 2. The van der Waals surface area contributed by atoms with Gasteiger partial charge in [-0.3, -0.25) is 14.9 Å². The van der Waals surface area contributed by atoms with Gasteiger partial charge in [-0.05, 0) is 25.7 Å². The smallest absolute Gasteiger partial charge is 0.134 e. The van der Waals surface area contributed by atoms with Crippen molar-refractivity contribution in [3.05, 3.63) is 41.9 Å². The molecule has 0 saturated carbocycles. The van der Waals surface area contributed by atoms with E-state index in [0.29, 0.717) is 0 Å². The molecule has 23 heavy (non-hydrogen) atoms. The van der Waals surface area contributed by atoms with E-state index in [2.05, 4.69) is 36.7 Å². The normalized spacial score (nSPS) is 24.2. The van der Waals surface area contributed by atoms with Gasteiger partial charge in [0.25, 0.3) is 0 Å². The summed E-state index contributed by atoms with van der Waals surface area (Å²) in [5, 5.41) is 0. The van der Waals surface area contributed by atoms with Gasteiger partial charge in [-0.25, -0.2) is 9.97 Å². The molecule has 6 heteroatoms. The van der Waals surface area contributed by atoms with Crippen LogP contribution in [0.2, 0.25) is 0 Å². The number of hydrogen-bond donors (Lipinski definition) is 0. The van der Waals surface area contributed by atoms with Gasteiger partial charge in [0, 0.05) is 56.9 Å². The van der Waals surface area contributed by atoms with Crippen LogP contribution < -0.4 is 4.90 Å². The molecule has 4 heterocycles. The molecule has 0 spiro atoms. The SMILES string of the molecule is Cc1cncnc1N1CC2CN(Cc3nccnc3C)CC2C1. The summed E-state index contributed by atoms with van der Waals surface area (Å²) in [6.45, 7) is 9.52. The maximum atomic E-state index is 4.48. The fourth-order valence-electron chi connectivity index (χ4n) is 3.92. The second-order valence-corrected chi connectivity index (χ2v) is 6.74. The summed E-state index contributed by atoms with van der Waals surface area (Å²) in [4.78, 5) is 22.3. The van der Waals surface area contributed by atoms with Crippen LogP contribution in [-0.4, -0.2) is 51.0 Å². The third-order valence-electron chi connectivity index (χ3n) is 5.09. The van der Waals surface area contributed by atoms with E-state index in [9.17, 15) is 0 Å². The van der Waals surface area contributed by atoms with E-state index >= 15 is 0 Å². The summed E-state index contributed by atoms with van der Waals surface area (Å²) in [6.07, 6.45) is 7.11. The van der Waals surface area contributed by atoms with Crippen molar-refractivity contribution in [1.29, 1.82) is 0 Å². The van der Waals surface area contributed by atoms with Gasteiger partial charge in [0.05, 0.1) is 11.4 Å². The molecule has 0 aromatic carbocycles. The Hall–Kier alpha value is -2.08. The minimum atomic E-state index is 0.723. The minimum absolute atomic E-state index is 0.723. The standard InChI is InChI=1S/C17H22N6/c1-12-5-18-11-21-17(12)23-8-14-6-22(7-15(14)9-23)10-16-13(2)19-3-4-20-16/h3-5,11,14-15H,6-10H2,1-2H3. The van der Waals surface area contributed by atoms with Crippen LogP contribution in [0.5, 0.6) is 0 Å². The molecule has 2 saturated heterocycles. The maximum Gasteiger partial charge on any atom is 0.134 e. The van der Waals surface area contributed by atoms with E-state index in [4.69, 9.17) is 0 Å². The molecule has 2 aromatic rings. The van der Waals surface area contributed by atoms with E-state index in [1.54, 1.807) is 18.7 Å². The number of hydrogen-bond acceptors (Lipinski definition) is 6. The number of fused-ring (bicyclic) bond motifs is 1. The van der Waals surface area contributed by atoms with Gasteiger partial charge in [-0.15, -0.1) is 0 Å². The summed E-state index contributed by atoms with van der Waals surface area (Å²) in [5.41, 5.74) is 3.32. The van der Waals surface area contributed by atoms with Crippen molar-refractivity contribution in [3.63, 3.8) is 0 Å². The first-order valence-electron chi connectivity index (χ1n) is 8.21. The number of rotatable bonds is 3. The zero-order chi connectivity index (χ0) is 15.8. The van der Waals surface area contributed by atoms with Crippen molar-refractivity contribution in [2.45, 2.75) is 20.4 Å². The van der Waals surface area contributed by atoms with Crippen molar-refractivity contribution in [3.8, 4) is 0 Å². The number of anilines is 1. The third-order valence-corrected chi connectivity index (χ3v) is 5.09. The van der Waals surface area contributed by atoms with Gasteiger partial charge >= 0.3 is 0 Å². The molecule has 2 aliphatic heterocycles. The second-order valence-electron chi connectivity index (χ2n) is 6.74. The summed E-state index contributed by atoms with van der Waals surface area (Å²) >= 11 is 0. The molecular weight excluding hydrogens is 288 g/mol. The predicted molar refractivity (Wildman–Crippen MR) is 88.0 cm³/mol. The van der Waals surface area contributed by atoms with Gasteiger partial charge in [0.15, 0.2) is 0 Å². The molecule has 120 valence electrons. The molecule has 0 aliphatic carbocycles. The van der Waals surface area contributed by atoms with E-state index in [0.717, 1.165) is 61.8 Å². The molecule has 0 amide bonds.